The van der Waals surface area contributed by atoms with Crippen molar-refractivity contribution in [2.45, 2.75) is 59.8 Å². The highest BCUT2D eigenvalue weighted by Crippen LogP contribution is 2.66. The van der Waals surface area contributed by atoms with Gasteiger partial charge in [-0.1, -0.05) is 18.2 Å². The number of methoxy groups -OCH3 is 1. The average molecular weight is 620 g/mol. The third-order valence-electron chi connectivity index (χ3n) is 10.3. The lowest BCUT2D eigenvalue weighted by molar-refractivity contribution is -0.186. The second-order valence-electron chi connectivity index (χ2n) is 12.5. The Balaban J connectivity index is 1.32. The van der Waals surface area contributed by atoms with Crippen molar-refractivity contribution in [2.75, 3.05) is 39.7 Å². The average Bonchev–Trinajstić information content (AvgIpc) is 3.65. The molecule has 1 saturated heterocycles. The van der Waals surface area contributed by atoms with E-state index in [0.717, 1.165) is 16.7 Å². The molecule has 1 aromatic heterocycles. The van der Waals surface area contributed by atoms with Gasteiger partial charge in [0.15, 0.2) is 11.5 Å². The maximum Gasteiger partial charge on any atom is 0.246 e. The molecular formula is C33H37N3O7S. The maximum absolute atomic E-state index is 14.4. The van der Waals surface area contributed by atoms with Gasteiger partial charge in [0.2, 0.25) is 15.9 Å². The summed E-state index contributed by atoms with van der Waals surface area (Å²) in [6, 6.07) is 11.5. The van der Waals surface area contributed by atoms with Gasteiger partial charge in [-0.25, -0.2) is 8.42 Å². The highest BCUT2D eigenvalue weighted by molar-refractivity contribution is 7.89. The third kappa shape index (κ3) is 3.85. The molecular weight excluding hydrogens is 582 g/mol. The van der Waals surface area contributed by atoms with E-state index in [2.05, 4.69) is 0 Å². The number of amides is 1. The van der Waals surface area contributed by atoms with Crippen LogP contribution in [0.15, 0.2) is 70.4 Å². The van der Waals surface area contributed by atoms with Crippen LogP contribution in [0.3, 0.4) is 0 Å². The molecule has 232 valence electrons. The maximum atomic E-state index is 14.4. The van der Waals surface area contributed by atoms with Gasteiger partial charge in [-0.05, 0) is 61.6 Å². The van der Waals surface area contributed by atoms with Gasteiger partial charge in [0.1, 0.15) is 11.0 Å². The first-order valence-electron chi connectivity index (χ1n) is 14.9. The number of sulfonamides is 1. The van der Waals surface area contributed by atoms with Gasteiger partial charge in [0.05, 0.1) is 48.4 Å². The van der Waals surface area contributed by atoms with Crippen molar-refractivity contribution in [1.29, 1.82) is 0 Å². The molecule has 0 radical (unpaired) electrons. The number of nitrogens with zero attached hydrogens (tertiary/aromatic N) is 3. The monoisotopic (exact) mass is 619 g/mol. The Morgan fingerprint density at radius 3 is 2.66 bits per heavy atom. The molecule has 1 saturated carbocycles. The minimum absolute atomic E-state index is 0.197. The zero-order chi connectivity index (χ0) is 31.0. The SMILES string of the molecule is COc1ccc2c3c1O[C@H]1[C@H](N(C)C(=O)/C=C/c4ccoc4)CC[C@@]4(O)[C@@H](C2)N(S(=O)(=O)c2ccccc2N(C)C)CC[C@]314. The number of benzene rings is 2. The lowest BCUT2D eigenvalue weighted by Gasteiger charge is -2.64. The molecule has 11 heteroatoms. The van der Waals surface area contributed by atoms with Gasteiger partial charge in [-0.2, -0.15) is 4.31 Å². The highest BCUT2D eigenvalue weighted by atomic mass is 32.2. The molecule has 1 spiro atoms. The fourth-order valence-corrected chi connectivity index (χ4v) is 10.2. The molecule has 3 heterocycles. The van der Waals surface area contributed by atoms with E-state index in [4.69, 9.17) is 13.9 Å². The zero-order valence-electron chi connectivity index (χ0n) is 25.3. The Morgan fingerprint density at radius 1 is 1.14 bits per heavy atom. The highest BCUT2D eigenvalue weighted by Gasteiger charge is 2.74. The van der Waals surface area contributed by atoms with Crippen molar-refractivity contribution in [1.82, 2.24) is 9.21 Å². The van der Waals surface area contributed by atoms with Crippen LogP contribution in [0, 0.1) is 0 Å². The summed E-state index contributed by atoms with van der Waals surface area (Å²) in [6.45, 7) is 0.206. The summed E-state index contributed by atoms with van der Waals surface area (Å²) in [7, 11) is 3.01. The number of carbonyl (C=O) groups is 1. The van der Waals surface area contributed by atoms with Crippen molar-refractivity contribution in [3.63, 3.8) is 0 Å². The lowest BCUT2D eigenvalue weighted by Crippen LogP contribution is -2.78. The van der Waals surface area contributed by atoms with E-state index in [9.17, 15) is 18.3 Å². The number of likely N-dealkylation sites (N-methyl/N-ethyl adjacent to an activating group) is 1. The van der Waals surface area contributed by atoms with Crippen molar-refractivity contribution < 1.29 is 32.2 Å². The molecule has 1 amide bonds. The van der Waals surface area contributed by atoms with Gasteiger partial charge < -0.3 is 28.8 Å². The van der Waals surface area contributed by atoms with Crippen molar-refractivity contribution >= 4 is 27.7 Å². The van der Waals surface area contributed by atoms with Gasteiger partial charge >= 0.3 is 0 Å². The van der Waals surface area contributed by atoms with Gasteiger partial charge in [0, 0.05) is 44.9 Å². The summed E-state index contributed by atoms with van der Waals surface area (Å²) in [4.78, 5) is 17.1. The molecule has 1 N–H and O–H groups in total. The normalized spacial score (nSPS) is 28.8. The van der Waals surface area contributed by atoms with E-state index in [-0.39, 0.29) is 23.4 Å². The zero-order valence-corrected chi connectivity index (χ0v) is 26.1. The fraction of sp³-hybridized carbons (Fsp3) is 0.424. The standard InChI is InChI=1S/C33H37N3O7S/c1-34(2)23-7-5-6-8-26(23)44(39,40)36-17-16-32-29-22-10-11-25(41-4)30(29)43-31(32)24(13-15-33(32,38)27(36)19-22)35(3)28(37)12-9-21-14-18-42-20-21/h5-12,14,18,20,24,27,31,38H,13,15-17,19H2,1-4H3/b12-9+/t24-,27-,31+,32+,33-/m1/s1. The van der Waals surface area contributed by atoms with Gasteiger partial charge in [-0.3, -0.25) is 4.79 Å². The van der Waals surface area contributed by atoms with Crippen LogP contribution >= 0.6 is 0 Å². The lowest BCUT2D eigenvalue weighted by atomic mass is 9.48. The summed E-state index contributed by atoms with van der Waals surface area (Å²) < 4.78 is 48.0. The molecule has 2 aromatic carbocycles. The van der Waals surface area contributed by atoms with E-state index < -0.39 is 33.2 Å². The molecule has 5 atom stereocenters. The molecule has 2 bridgehead atoms. The molecule has 3 aromatic rings. The number of hydrogen-bond donors (Lipinski definition) is 1. The molecule has 2 fully saturated rings. The molecule has 2 aliphatic carbocycles. The third-order valence-corrected chi connectivity index (χ3v) is 12.3. The first-order chi connectivity index (χ1) is 21.0. The number of rotatable bonds is 7. The summed E-state index contributed by atoms with van der Waals surface area (Å²) in [6.07, 6.45) is 7.17. The number of hydrogen-bond acceptors (Lipinski definition) is 8. The van der Waals surface area contributed by atoms with Crippen LogP contribution in [0.2, 0.25) is 0 Å². The summed E-state index contributed by atoms with van der Waals surface area (Å²) >= 11 is 0. The second kappa shape index (κ2) is 10.1. The first-order valence-corrected chi connectivity index (χ1v) is 16.3. The van der Waals surface area contributed by atoms with Crippen molar-refractivity contribution in [2.24, 2.45) is 0 Å². The van der Waals surface area contributed by atoms with Crippen molar-refractivity contribution in [3.8, 4) is 11.5 Å². The number of piperidine rings is 1. The van der Waals surface area contributed by atoms with Gasteiger partial charge in [0.25, 0.3) is 0 Å². The van der Waals surface area contributed by atoms with E-state index in [0.29, 0.717) is 42.9 Å². The Hall–Kier alpha value is -3.80. The van der Waals surface area contributed by atoms with Crippen LogP contribution in [0.4, 0.5) is 5.69 Å². The Labute approximate surface area is 257 Å². The summed E-state index contributed by atoms with van der Waals surface area (Å²) in [5.74, 6) is 0.955. The molecule has 4 aliphatic rings. The number of ether oxygens (including phenoxy) is 2. The minimum atomic E-state index is -3.98. The quantitative estimate of drug-likeness (QED) is 0.401. The number of furan rings is 1. The number of anilines is 1. The number of carbonyl (C=O) groups excluding carboxylic acids is 1. The van der Waals surface area contributed by atoms with E-state index in [1.807, 2.05) is 32.3 Å². The summed E-state index contributed by atoms with van der Waals surface area (Å²) in [5, 5.41) is 12.9. The predicted molar refractivity (Wildman–Crippen MR) is 164 cm³/mol. The number of aliphatic hydroxyl groups is 1. The topological polar surface area (TPSA) is 113 Å². The number of para-hydroxylation sites is 1. The van der Waals surface area contributed by atoms with Crippen molar-refractivity contribution in [3.05, 3.63) is 77.8 Å². The van der Waals surface area contributed by atoms with E-state index in [1.165, 1.54) is 10.4 Å². The molecule has 2 aliphatic heterocycles. The fourth-order valence-electron chi connectivity index (χ4n) is 8.30. The van der Waals surface area contributed by atoms with Crippen LogP contribution in [-0.4, -0.2) is 87.2 Å². The van der Waals surface area contributed by atoms with Crippen LogP contribution in [0.25, 0.3) is 6.08 Å². The van der Waals surface area contributed by atoms with Crippen LogP contribution in [0.1, 0.15) is 36.0 Å². The molecule has 44 heavy (non-hydrogen) atoms. The Bertz CT molecular complexity index is 1750. The van der Waals surface area contributed by atoms with Gasteiger partial charge in [-0.15, -0.1) is 0 Å². The second-order valence-corrected chi connectivity index (χ2v) is 14.3. The molecule has 10 nitrogen and oxygen atoms in total. The smallest absolute Gasteiger partial charge is 0.246 e. The van der Waals surface area contributed by atoms with E-state index in [1.54, 1.807) is 66.8 Å². The van der Waals surface area contributed by atoms with E-state index >= 15 is 0 Å². The predicted octanol–water partition coefficient (Wildman–Crippen LogP) is 3.44. The first kappa shape index (κ1) is 28.9. The van der Waals surface area contributed by atoms with Crippen LogP contribution < -0.4 is 14.4 Å². The largest absolute Gasteiger partial charge is 0.493 e. The molecule has 0 unspecified atom stereocenters. The Kier molecular flexibility index (Phi) is 6.65. The Morgan fingerprint density at radius 2 is 1.93 bits per heavy atom. The molecule has 7 rings (SSSR count). The summed E-state index contributed by atoms with van der Waals surface area (Å²) in [5.41, 5.74) is 0.861. The van der Waals surface area contributed by atoms with Crippen LogP contribution in [-0.2, 0) is 26.7 Å². The van der Waals surface area contributed by atoms with Crippen LogP contribution in [0.5, 0.6) is 11.5 Å². The minimum Gasteiger partial charge on any atom is -0.493 e.